The van der Waals surface area contributed by atoms with Gasteiger partial charge in [-0.2, -0.15) is 0 Å². The Kier molecular flexibility index (Phi) is 2.62. The average molecular weight is 220 g/mol. The Bertz CT molecular complexity index is 435. The highest BCUT2D eigenvalue weighted by atomic mass is 16.5. The van der Waals surface area contributed by atoms with Gasteiger partial charge in [-0.15, -0.1) is 0 Å². The van der Waals surface area contributed by atoms with E-state index in [2.05, 4.69) is 13.8 Å². The van der Waals surface area contributed by atoms with E-state index in [9.17, 15) is 9.90 Å². The fourth-order valence-electron chi connectivity index (χ4n) is 2.40. The Morgan fingerprint density at radius 1 is 1.44 bits per heavy atom. The lowest BCUT2D eigenvalue weighted by molar-refractivity contribution is 0.0982. The van der Waals surface area contributed by atoms with E-state index in [-0.39, 0.29) is 17.5 Å². The van der Waals surface area contributed by atoms with Crippen LogP contribution in [0.15, 0.2) is 12.1 Å². The monoisotopic (exact) mass is 220 g/mol. The molecule has 0 saturated heterocycles. The number of benzene rings is 1. The molecule has 0 amide bonds. The van der Waals surface area contributed by atoms with Gasteiger partial charge in [0.25, 0.3) is 0 Å². The van der Waals surface area contributed by atoms with Gasteiger partial charge in [-0.3, -0.25) is 4.79 Å². The molecular weight excluding hydrogens is 204 g/mol. The molecule has 16 heavy (non-hydrogen) atoms. The summed E-state index contributed by atoms with van der Waals surface area (Å²) in [6.07, 6.45) is 0.473. The molecule has 1 atom stereocenters. The Morgan fingerprint density at radius 3 is 2.69 bits per heavy atom. The fourth-order valence-corrected chi connectivity index (χ4v) is 2.40. The Labute approximate surface area is 95.0 Å². The SMILES string of the molecule is COc1ccc(O)c2c1C(C(C)C)CC2=O. The van der Waals surface area contributed by atoms with Crippen LogP contribution in [0.4, 0.5) is 0 Å². The second kappa shape index (κ2) is 3.81. The van der Waals surface area contributed by atoms with Crippen LogP contribution in [0.3, 0.4) is 0 Å². The predicted molar refractivity (Wildman–Crippen MR) is 61.2 cm³/mol. The van der Waals surface area contributed by atoms with Crippen molar-refractivity contribution in [2.75, 3.05) is 7.11 Å². The van der Waals surface area contributed by atoms with Crippen molar-refractivity contribution in [2.45, 2.75) is 26.2 Å². The predicted octanol–water partition coefficient (Wildman–Crippen LogP) is 2.73. The normalized spacial score (nSPS) is 19.0. The maximum Gasteiger partial charge on any atom is 0.167 e. The van der Waals surface area contributed by atoms with Crippen molar-refractivity contribution >= 4 is 5.78 Å². The summed E-state index contributed by atoms with van der Waals surface area (Å²) in [4.78, 5) is 11.9. The van der Waals surface area contributed by atoms with Crippen LogP contribution in [0.1, 0.15) is 42.1 Å². The molecule has 1 aliphatic rings. The van der Waals surface area contributed by atoms with Crippen molar-refractivity contribution in [3.8, 4) is 11.5 Å². The molecular formula is C13H16O3. The van der Waals surface area contributed by atoms with E-state index in [0.29, 0.717) is 23.7 Å². The summed E-state index contributed by atoms with van der Waals surface area (Å²) in [6, 6.07) is 3.25. The van der Waals surface area contributed by atoms with Crippen LogP contribution in [-0.4, -0.2) is 18.0 Å². The lowest BCUT2D eigenvalue weighted by Gasteiger charge is -2.17. The van der Waals surface area contributed by atoms with Gasteiger partial charge in [-0.1, -0.05) is 13.8 Å². The number of phenols is 1. The lowest BCUT2D eigenvalue weighted by atomic mass is 9.89. The molecule has 1 aliphatic carbocycles. The van der Waals surface area contributed by atoms with E-state index < -0.39 is 0 Å². The van der Waals surface area contributed by atoms with Crippen LogP contribution in [0, 0.1) is 5.92 Å². The van der Waals surface area contributed by atoms with Gasteiger partial charge in [0.05, 0.1) is 12.7 Å². The van der Waals surface area contributed by atoms with E-state index in [4.69, 9.17) is 4.74 Å². The standard InChI is InChI=1S/C13H16O3/c1-7(2)8-6-10(15)13-9(14)4-5-11(16-3)12(8)13/h4-5,7-8,14H,6H2,1-3H3. The summed E-state index contributed by atoms with van der Waals surface area (Å²) in [5.41, 5.74) is 1.33. The van der Waals surface area contributed by atoms with E-state index in [1.165, 1.54) is 6.07 Å². The van der Waals surface area contributed by atoms with Crippen LogP contribution in [0.2, 0.25) is 0 Å². The highest BCUT2D eigenvalue weighted by Gasteiger charge is 2.36. The minimum Gasteiger partial charge on any atom is -0.507 e. The van der Waals surface area contributed by atoms with Gasteiger partial charge in [0, 0.05) is 12.0 Å². The van der Waals surface area contributed by atoms with Crippen LogP contribution >= 0.6 is 0 Å². The summed E-state index contributed by atoms with van der Waals surface area (Å²) in [7, 11) is 1.59. The number of fused-ring (bicyclic) bond motifs is 1. The van der Waals surface area contributed by atoms with Crippen molar-refractivity contribution in [3.05, 3.63) is 23.3 Å². The number of ketones is 1. The van der Waals surface area contributed by atoms with Gasteiger partial charge in [0.1, 0.15) is 11.5 Å². The number of hydrogen-bond acceptors (Lipinski definition) is 3. The molecule has 1 N–H and O–H groups in total. The van der Waals surface area contributed by atoms with Crippen LogP contribution in [-0.2, 0) is 0 Å². The molecule has 3 heteroatoms. The van der Waals surface area contributed by atoms with E-state index in [1.54, 1.807) is 13.2 Å². The second-order valence-corrected chi connectivity index (χ2v) is 4.55. The summed E-state index contributed by atoms with van der Waals surface area (Å²) >= 11 is 0. The average Bonchev–Trinajstić information content (AvgIpc) is 2.58. The quantitative estimate of drug-likeness (QED) is 0.833. The second-order valence-electron chi connectivity index (χ2n) is 4.55. The van der Waals surface area contributed by atoms with Crippen molar-refractivity contribution < 1.29 is 14.6 Å². The fraction of sp³-hybridized carbons (Fsp3) is 0.462. The highest BCUT2D eigenvalue weighted by molar-refractivity contribution is 6.04. The molecule has 1 unspecified atom stereocenters. The molecule has 1 aromatic rings. The molecule has 2 rings (SSSR count). The third-order valence-corrected chi connectivity index (χ3v) is 3.26. The van der Waals surface area contributed by atoms with Gasteiger partial charge in [0.2, 0.25) is 0 Å². The van der Waals surface area contributed by atoms with Gasteiger partial charge < -0.3 is 9.84 Å². The zero-order valence-corrected chi connectivity index (χ0v) is 9.78. The van der Waals surface area contributed by atoms with Crippen LogP contribution in [0.25, 0.3) is 0 Å². The largest absolute Gasteiger partial charge is 0.507 e. The minimum absolute atomic E-state index is 0.0186. The van der Waals surface area contributed by atoms with Gasteiger partial charge >= 0.3 is 0 Å². The Balaban J connectivity index is 2.64. The molecule has 0 fully saturated rings. The van der Waals surface area contributed by atoms with Crippen molar-refractivity contribution in [2.24, 2.45) is 5.92 Å². The number of methoxy groups -OCH3 is 1. The Hall–Kier alpha value is -1.51. The third kappa shape index (κ3) is 1.47. The van der Waals surface area contributed by atoms with E-state index >= 15 is 0 Å². The maximum absolute atomic E-state index is 11.9. The number of carbonyl (C=O) groups excluding carboxylic acids is 1. The first-order chi connectivity index (χ1) is 7.56. The Morgan fingerprint density at radius 2 is 2.12 bits per heavy atom. The zero-order valence-electron chi connectivity index (χ0n) is 9.78. The molecule has 0 bridgehead atoms. The zero-order chi connectivity index (χ0) is 11.9. The number of hydrogen-bond donors (Lipinski definition) is 1. The number of phenolic OH excluding ortho intramolecular Hbond substituents is 1. The van der Waals surface area contributed by atoms with Gasteiger partial charge in [-0.05, 0) is 24.0 Å². The molecule has 0 aromatic heterocycles. The van der Waals surface area contributed by atoms with E-state index in [1.807, 2.05) is 0 Å². The first-order valence-electron chi connectivity index (χ1n) is 5.49. The first-order valence-corrected chi connectivity index (χ1v) is 5.49. The van der Waals surface area contributed by atoms with E-state index in [0.717, 1.165) is 5.56 Å². The summed E-state index contributed by atoms with van der Waals surface area (Å²) in [6.45, 7) is 4.16. The summed E-state index contributed by atoms with van der Waals surface area (Å²) < 4.78 is 5.28. The third-order valence-electron chi connectivity index (χ3n) is 3.26. The number of aromatic hydroxyl groups is 1. The van der Waals surface area contributed by atoms with Crippen LogP contribution in [0.5, 0.6) is 11.5 Å². The number of rotatable bonds is 2. The molecule has 0 spiro atoms. The molecule has 0 aliphatic heterocycles. The maximum atomic E-state index is 11.9. The highest BCUT2D eigenvalue weighted by Crippen LogP contribution is 2.46. The summed E-state index contributed by atoms with van der Waals surface area (Å²) in [5.74, 6) is 1.32. The minimum atomic E-state index is 0.0186. The summed E-state index contributed by atoms with van der Waals surface area (Å²) in [5, 5.41) is 9.74. The van der Waals surface area contributed by atoms with Crippen molar-refractivity contribution in [1.29, 1.82) is 0 Å². The topological polar surface area (TPSA) is 46.5 Å². The molecule has 0 radical (unpaired) electrons. The van der Waals surface area contributed by atoms with Crippen LogP contribution < -0.4 is 4.74 Å². The lowest BCUT2D eigenvalue weighted by Crippen LogP contribution is -2.04. The smallest absolute Gasteiger partial charge is 0.167 e. The van der Waals surface area contributed by atoms with Gasteiger partial charge in [0.15, 0.2) is 5.78 Å². The molecule has 0 saturated carbocycles. The molecule has 0 heterocycles. The van der Waals surface area contributed by atoms with Crippen molar-refractivity contribution in [3.63, 3.8) is 0 Å². The first kappa shape index (κ1) is 11.0. The number of carbonyl (C=O) groups is 1. The molecule has 3 nitrogen and oxygen atoms in total. The molecule has 1 aromatic carbocycles. The number of Topliss-reactive ketones (excluding diaryl/α,β-unsaturated/α-hetero) is 1. The van der Waals surface area contributed by atoms with Gasteiger partial charge in [-0.25, -0.2) is 0 Å². The number of ether oxygens (including phenoxy) is 1. The molecule has 86 valence electrons. The van der Waals surface area contributed by atoms with Crippen molar-refractivity contribution in [1.82, 2.24) is 0 Å².